The van der Waals surface area contributed by atoms with Gasteiger partial charge >= 0.3 is 0 Å². The van der Waals surface area contributed by atoms with E-state index in [1.54, 1.807) is 0 Å². The molecule has 3 rings (SSSR count). The van der Waals surface area contributed by atoms with Gasteiger partial charge in [0.1, 0.15) is 5.75 Å². The Balaban J connectivity index is 2.34. The average Bonchev–Trinajstić information content (AvgIpc) is 2.65. The largest absolute Gasteiger partial charge is 0.493 e. The van der Waals surface area contributed by atoms with Crippen molar-refractivity contribution in [1.29, 1.82) is 0 Å². The minimum atomic E-state index is 0.849. The summed E-state index contributed by atoms with van der Waals surface area (Å²) in [5.41, 5.74) is 2.39. The Kier molecular flexibility index (Phi) is 1.52. The van der Waals surface area contributed by atoms with Crippen molar-refractivity contribution >= 4 is 22.4 Å². The van der Waals surface area contributed by atoms with Gasteiger partial charge in [0.15, 0.2) is 0 Å². The quantitative estimate of drug-likeness (QED) is 0.638. The Hall–Kier alpha value is -1.09. The molecule has 1 aromatic carbocycles. The second-order valence-electron chi connectivity index (χ2n) is 3.25. The number of nitrogens with zero attached hydrogens (tertiary/aromatic N) is 1. The minimum Gasteiger partial charge on any atom is -0.493 e. The van der Waals surface area contributed by atoms with Crippen molar-refractivity contribution < 1.29 is 4.74 Å². The van der Waals surface area contributed by atoms with Crippen molar-refractivity contribution in [2.45, 2.75) is 12.8 Å². The van der Waals surface area contributed by atoms with E-state index in [1.807, 2.05) is 0 Å². The van der Waals surface area contributed by atoms with Crippen LogP contribution in [0.25, 0.3) is 10.9 Å². The van der Waals surface area contributed by atoms with Crippen LogP contribution in [0.1, 0.15) is 12.0 Å². The van der Waals surface area contributed by atoms with Gasteiger partial charge in [-0.25, -0.2) is 0 Å². The van der Waals surface area contributed by atoms with Crippen LogP contribution in [0, 0.1) is 0 Å². The van der Waals surface area contributed by atoms with Gasteiger partial charge in [-0.1, -0.05) is 6.07 Å². The van der Waals surface area contributed by atoms with Crippen LogP contribution in [0.5, 0.6) is 5.75 Å². The number of fused-ring (bicyclic) bond motifs is 3. The van der Waals surface area contributed by atoms with E-state index in [0.29, 0.717) is 0 Å². The highest BCUT2D eigenvalue weighted by molar-refractivity contribution is 7.04. The number of hydrogen-bond acceptors (Lipinski definition) is 3. The molecule has 0 unspecified atom stereocenters. The number of aryl methyl sites for hydroxylation is 1. The van der Waals surface area contributed by atoms with E-state index in [-0.39, 0.29) is 0 Å². The van der Waals surface area contributed by atoms with Crippen LogP contribution in [-0.4, -0.2) is 11.0 Å². The van der Waals surface area contributed by atoms with Crippen molar-refractivity contribution in [1.82, 2.24) is 4.37 Å². The van der Waals surface area contributed by atoms with Crippen molar-refractivity contribution in [3.63, 3.8) is 0 Å². The first-order valence-electron chi connectivity index (χ1n) is 4.44. The van der Waals surface area contributed by atoms with Gasteiger partial charge in [-0.3, -0.25) is 0 Å². The molecule has 1 aliphatic rings. The second kappa shape index (κ2) is 2.70. The molecule has 1 aliphatic heterocycles. The second-order valence-corrected chi connectivity index (χ2v) is 3.88. The first-order valence-corrected chi connectivity index (χ1v) is 5.27. The third kappa shape index (κ3) is 1.04. The minimum absolute atomic E-state index is 0.849. The molecule has 13 heavy (non-hydrogen) atoms. The van der Waals surface area contributed by atoms with E-state index in [1.165, 1.54) is 22.5 Å². The summed E-state index contributed by atoms with van der Waals surface area (Å²) in [5, 5.41) is 3.25. The number of hydrogen-bond donors (Lipinski definition) is 0. The molecular formula is C10H9NOS. The molecule has 0 fully saturated rings. The van der Waals surface area contributed by atoms with E-state index < -0.39 is 0 Å². The summed E-state index contributed by atoms with van der Waals surface area (Å²) in [7, 11) is 0. The number of aromatic nitrogens is 1. The van der Waals surface area contributed by atoms with E-state index >= 15 is 0 Å². The SMILES string of the molecule is c1cc2nscc2c2c1CCCO2. The lowest BCUT2D eigenvalue weighted by atomic mass is 10.0. The van der Waals surface area contributed by atoms with Crippen LogP contribution in [0.3, 0.4) is 0 Å². The Bertz CT molecular complexity index is 449. The Morgan fingerprint density at radius 2 is 2.38 bits per heavy atom. The zero-order valence-corrected chi connectivity index (χ0v) is 7.93. The fraction of sp³-hybridized carbons (Fsp3) is 0.300. The lowest BCUT2D eigenvalue weighted by Gasteiger charge is -2.17. The predicted octanol–water partition coefficient (Wildman–Crippen LogP) is 2.62. The molecule has 0 radical (unpaired) electrons. The third-order valence-corrected chi connectivity index (χ3v) is 3.06. The Morgan fingerprint density at radius 3 is 3.38 bits per heavy atom. The Morgan fingerprint density at radius 1 is 1.38 bits per heavy atom. The van der Waals surface area contributed by atoms with E-state index in [9.17, 15) is 0 Å². The average molecular weight is 191 g/mol. The summed E-state index contributed by atoms with van der Waals surface area (Å²) in [6.07, 6.45) is 2.27. The molecule has 2 aromatic rings. The zero-order valence-electron chi connectivity index (χ0n) is 7.12. The van der Waals surface area contributed by atoms with Crippen LogP contribution in [0.15, 0.2) is 17.5 Å². The summed E-state index contributed by atoms with van der Waals surface area (Å²) in [6.45, 7) is 0.849. The molecule has 0 spiro atoms. The van der Waals surface area contributed by atoms with Crippen LogP contribution >= 0.6 is 11.5 Å². The fourth-order valence-corrected chi connectivity index (χ4v) is 2.43. The standard InChI is InChI=1S/C10H9NOS/c1-2-7-3-4-9-8(6-13-11-9)10(7)12-5-1/h3-4,6H,1-2,5H2. The topological polar surface area (TPSA) is 22.1 Å². The highest BCUT2D eigenvalue weighted by atomic mass is 32.1. The van der Waals surface area contributed by atoms with Gasteiger partial charge in [-0.15, -0.1) is 0 Å². The maximum absolute atomic E-state index is 5.66. The Labute approximate surface area is 80.3 Å². The van der Waals surface area contributed by atoms with Gasteiger partial charge in [0, 0.05) is 5.38 Å². The maximum atomic E-state index is 5.66. The first kappa shape index (κ1) is 7.33. The molecular weight excluding hydrogens is 182 g/mol. The molecule has 66 valence electrons. The molecule has 2 heterocycles. The monoisotopic (exact) mass is 191 g/mol. The lowest BCUT2D eigenvalue weighted by Crippen LogP contribution is -2.08. The normalized spacial score (nSPS) is 15.4. The van der Waals surface area contributed by atoms with Gasteiger partial charge < -0.3 is 4.74 Å². The summed E-state index contributed by atoms with van der Waals surface area (Å²) >= 11 is 1.50. The molecule has 0 aliphatic carbocycles. The van der Waals surface area contributed by atoms with Crippen molar-refractivity contribution in [2.75, 3.05) is 6.61 Å². The maximum Gasteiger partial charge on any atom is 0.132 e. The number of ether oxygens (including phenoxy) is 1. The number of benzene rings is 1. The summed E-state index contributed by atoms with van der Waals surface area (Å²) in [5.74, 6) is 1.07. The van der Waals surface area contributed by atoms with Crippen LogP contribution < -0.4 is 4.74 Å². The lowest BCUT2D eigenvalue weighted by molar-refractivity contribution is 0.292. The van der Waals surface area contributed by atoms with Crippen LogP contribution in [0.4, 0.5) is 0 Å². The predicted molar refractivity (Wildman–Crippen MR) is 53.4 cm³/mol. The van der Waals surface area contributed by atoms with E-state index in [2.05, 4.69) is 21.9 Å². The van der Waals surface area contributed by atoms with Gasteiger partial charge in [0.25, 0.3) is 0 Å². The van der Waals surface area contributed by atoms with Gasteiger partial charge in [0.2, 0.25) is 0 Å². The van der Waals surface area contributed by atoms with Gasteiger partial charge in [-0.2, -0.15) is 4.37 Å². The zero-order chi connectivity index (χ0) is 8.67. The molecule has 2 nitrogen and oxygen atoms in total. The molecule has 0 bridgehead atoms. The van der Waals surface area contributed by atoms with Crippen LogP contribution in [0.2, 0.25) is 0 Å². The highest BCUT2D eigenvalue weighted by Crippen LogP contribution is 2.33. The third-order valence-electron chi connectivity index (χ3n) is 2.41. The number of rotatable bonds is 0. The van der Waals surface area contributed by atoms with Crippen LogP contribution in [-0.2, 0) is 6.42 Å². The molecule has 3 heteroatoms. The molecule has 0 saturated carbocycles. The summed E-state index contributed by atoms with van der Waals surface area (Å²) in [4.78, 5) is 0. The molecule has 1 aromatic heterocycles. The molecule has 0 saturated heterocycles. The van der Waals surface area contributed by atoms with Gasteiger partial charge in [0.05, 0.1) is 17.5 Å². The van der Waals surface area contributed by atoms with Crippen molar-refractivity contribution in [2.24, 2.45) is 0 Å². The molecule has 0 N–H and O–H groups in total. The first-order chi connectivity index (χ1) is 6.45. The summed E-state index contributed by atoms with van der Waals surface area (Å²) in [6, 6.07) is 4.22. The highest BCUT2D eigenvalue weighted by Gasteiger charge is 2.14. The fourth-order valence-electron chi connectivity index (χ4n) is 1.77. The van der Waals surface area contributed by atoms with Crippen molar-refractivity contribution in [3.8, 4) is 5.75 Å². The van der Waals surface area contributed by atoms with E-state index in [0.717, 1.165) is 30.7 Å². The van der Waals surface area contributed by atoms with Crippen molar-refractivity contribution in [3.05, 3.63) is 23.1 Å². The molecule has 0 amide bonds. The summed E-state index contributed by atoms with van der Waals surface area (Å²) < 4.78 is 9.95. The van der Waals surface area contributed by atoms with Gasteiger partial charge in [-0.05, 0) is 36.0 Å². The smallest absolute Gasteiger partial charge is 0.132 e. The molecule has 0 atom stereocenters. The van der Waals surface area contributed by atoms with E-state index in [4.69, 9.17) is 4.74 Å².